The molecule has 2 aliphatic rings. The van der Waals surface area contributed by atoms with Crippen molar-refractivity contribution in [3.05, 3.63) is 42.6 Å². The highest BCUT2D eigenvalue weighted by atomic mass is 79.9. The number of hydrogen-bond donors (Lipinski definition) is 3. The molecule has 1 aromatic heterocycles. The highest BCUT2D eigenvalue weighted by Gasteiger charge is 2.36. The molecule has 0 bridgehead atoms. The standard InChI is InChI=1S/C20H22Br2N2O2S/c1-20(2,3)9-4-5-10-15(6-9)27-19-16(10)18(26)23-17(24-19)11-7-14(25)13(22)8-12(11)21/h7-9,17,24-25H,4-6H2,1-3H3,(H,23,26). The number of nitrogens with one attached hydrogen (secondary N) is 2. The maximum absolute atomic E-state index is 12.9. The third-order valence-electron chi connectivity index (χ3n) is 5.65. The predicted molar refractivity (Wildman–Crippen MR) is 117 cm³/mol. The smallest absolute Gasteiger partial charge is 0.256 e. The Hall–Kier alpha value is -1.05. The maximum atomic E-state index is 12.9. The van der Waals surface area contributed by atoms with Crippen LogP contribution in [0.5, 0.6) is 5.75 Å². The van der Waals surface area contributed by atoms with Gasteiger partial charge in [0.05, 0.1) is 10.0 Å². The van der Waals surface area contributed by atoms with Crippen LogP contribution in [0.4, 0.5) is 5.00 Å². The molecule has 0 saturated heterocycles. The second-order valence-corrected chi connectivity index (χ2v) is 11.2. The Morgan fingerprint density at radius 1 is 1.19 bits per heavy atom. The molecule has 2 unspecified atom stereocenters. The van der Waals surface area contributed by atoms with E-state index in [1.54, 1.807) is 23.5 Å². The number of halogens is 2. The molecule has 3 N–H and O–H groups in total. The van der Waals surface area contributed by atoms with Gasteiger partial charge in [-0.3, -0.25) is 4.79 Å². The van der Waals surface area contributed by atoms with E-state index in [1.807, 2.05) is 0 Å². The molecule has 0 radical (unpaired) electrons. The lowest BCUT2D eigenvalue weighted by atomic mass is 9.72. The molecule has 1 amide bonds. The van der Waals surface area contributed by atoms with Gasteiger partial charge in [-0.25, -0.2) is 0 Å². The van der Waals surface area contributed by atoms with Gasteiger partial charge in [-0.05, 0) is 64.2 Å². The van der Waals surface area contributed by atoms with E-state index in [2.05, 4.69) is 63.3 Å². The highest BCUT2D eigenvalue weighted by Crippen LogP contribution is 2.46. The van der Waals surface area contributed by atoms with E-state index < -0.39 is 0 Å². The first-order valence-corrected chi connectivity index (χ1v) is 11.4. The molecule has 1 aliphatic carbocycles. The minimum Gasteiger partial charge on any atom is -0.507 e. The minimum atomic E-state index is -0.378. The lowest BCUT2D eigenvalue weighted by Gasteiger charge is -2.34. The van der Waals surface area contributed by atoms with Crippen molar-refractivity contribution >= 4 is 54.1 Å². The van der Waals surface area contributed by atoms with E-state index in [-0.39, 0.29) is 23.2 Å². The van der Waals surface area contributed by atoms with Gasteiger partial charge in [-0.1, -0.05) is 36.7 Å². The Morgan fingerprint density at radius 2 is 1.93 bits per heavy atom. The molecule has 4 nitrogen and oxygen atoms in total. The van der Waals surface area contributed by atoms with Crippen LogP contribution in [0.1, 0.15) is 59.7 Å². The molecule has 2 aromatic rings. The normalized spacial score (nSPS) is 21.9. The SMILES string of the molecule is CC(C)(C)C1CCc2c(sc3c2C(=O)NC(c2cc(O)c(Br)cc2Br)N3)C1. The summed E-state index contributed by atoms with van der Waals surface area (Å²) < 4.78 is 1.43. The molecule has 1 aliphatic heterocycles. The number of benzene rings is 1. The Morgan fingerprint density at radius 3 is 2.63 bits per heavy atom. The van der Waals surface area contributed by atoms with Crippen LogP contribution < -0.4 is 10.6 Å². The zero-order valence-corrected chi connectivity index (χ0v) is 19.4. The van der Waals surface area contributed by atoms with Crippen LogP contribution in [0, 0.1) is 11.3 Å². The second kappa shape index (κ2) is 6.78. The predicted octanol–water partition coefficient (Wildman–Crippen LogP) is 5.98. The molecule has 7 heteroatoms. The first-order valence-electron chi connectivity index (χ1n) is 9.05. The van der Waals surface area contributed by atoms with Crippen molar-refractivity contribution < 1.29 is 9.90 Å². The van der Waals surface area contributed by atoms with E-state index in [0.29, 0.717) is 10.4 Å². The number of anilines is 1. The topological polar surface area (TPSA) is 61.4 Å². The number of thiophene rings is 1. The summed E-state index contributed by atoms with van der Waals surface area (Å²) in [6.45, 7) is 6.90. The van der Waals surface area contributed by atoms with Crippen LogP contribution in [0.3, 0.4) is 0 Å². The fourth-order valence-electron chi connectivity index (χ4n) is 3.97. The number of aromatic hydroxyl groups is 1. The first kappa shape index (κ1) is 19.3. The van der Waals surface area contributed by atoms with Crippen LogP contribution >= 0.6 is 43.2 Å². The Labute approximate surface area is 180 Å². The van der Waals surface area contributed by atoms with Crippen molar-refractivity contribution in [2.24, 2.45) is 11.3 Å². The summed E-state index contributed by atoms with van der Waals surface area (Å²) in [6.07, 6.45) is 2.75. The van der Waals surface area contributed by atoms with Crippen molar-refractivity contribution in [2.45, 2.75) is 46.2 Å². The molecular weight excluding hydrogens is 492 g/mol. The summed E-state index contributed by atoms with van der Waals surface area (Å²) in [6, 6.07) is 3.46. The Bertz CT molecular complexity index is 933. The van der Waals surface area contributed by atoms with Gasteiger partial charge in [0.15, 0.2) is 0 Å². The number of rotatable bonds is 1. The average Bonchev–Trinajstić information content (AvgIpc) is 2.95. The molecule has 2 atom stereocenters. The van der Waals surface area contributed by atoms with Gasteiger partial charge in [-0.2, -0.15) is 0 Å². The van der Waals surface area contributed by atoms with Crippen LogP contribution in [0.15, 0.2) is 21.1 Å². The molecule has 0 saturated carbocycles. The number of amides is 1. The molecule has 1 aromatic carbocycles. The summed E-state index contributed by atoms with van der Waals surface area (Å²) in [5.41, 5.74) is 3.11. The first-order chi connectivity index (χ1) is 12.6. The minimum absolute atomic E-state index is 0.0326. The van der Waals surface area contributed by atoms with Crippen LogP contribution in [-0.4, -0.2) is 11.0 Å². The number of hydrogen-bond acceptors (Lipinski definition) is 4. The average molecular weight is 514 g/mol. The van der Waals surface area contributed by atoms with Crippen molar-refractivity contribution in [3.8, 4) is 5.75 Å². The largest absolute Gasteiger partial charge is 0.507 e. The maximum Gasteiger partial charge on any atom is 0.256 e. The molecule has 0 fully saturated rings. The third-order valence-corrected chi connectivity index (χ3v) is 8.15. The van der Waals surface area contributed by atoms with Gasteiger partial charge in [0.2, 0.25) is 0 Å². The number of carbonyl (C=O) groups is 1. The molecule has 0 spiro atoms. The number of fused-ring (bicyclic) bond motifs is 3. The lowest BCUT2D eigenvalue weighted by molar-refractivity contribution is 0.0934. The monoisotopic (exact) mass is 512 g/mol. The van der Waals surface area contributed by atoms with Gasteiger partial charge in [0.1, 0.15) is 16.9 Å². The van der Waals surface area contributed by atoms with Crippen molar-refractivity contribution in [1.82, 2.24) is 5.32 Å². The van der Waals surface area contributed by atoms with Crippen LogP contribution in [0.25, 0.3) is 0 Å². The zero-order chi connectivity index (χ0) is 19.5. The van der Waals surface area contributed by atoms with E-state index >= 15 is 0 Å². The molecular formula is C20H22Br2N2O2S. The van der Waals surface area contributed by atoms with Gasteiger partial charge in [-0.15, -0.1) is 11.3 Å². The van der Waals surface area contributed by atoms with Gasteiger partial charge in [0.25, 0.3) is 5.91 Å². The summed E-state index contributed by atoms with van der Waals surface area (Å²) in [4.78, 5) is 14.3. The van der Waals surface area contributed by atoms with Crippen LogP contribution in [-0.2, 0) is 12.8 Å². The lowest BCUT2D eigenvalue weighted by Crippen LogP contribution is -2.38. The number of phenolic OH excluding ortho intramolecular Hbond substituents is 1. The Kier molecular flexibility index (Phi) is 4.84. The van der Waals surface area contributed by atoms with Crippen molar-refractivity contribution in [2.75, 3.05) is 5.32 Å². The Balaban J connectivity index is 1.68. The van der Waals surface area contributed by atoms with E-state index in [0.717, 1.165) is 39.9 Å². The summed E-state index contributed by atoms with van der Waals surface area (Å²) in [5.74, 6) is 0.754. The van der Waals surface area contributed by atoms with E-state index in [9.17, 15) is 9.90 Å². The molecule has 144 valence electrons. The molecule has 27 heavy (non-hydrogen) atoms. The van der Waals surface area contributed by atoms with E-state index in [1.165, 1.54) is 10.4 Å². The highest BCUT2D eigenvalue weighted by molar-refractivity contribution is 9.11. The van der Waals surface area contributed by atoms with Gasteiger partial charge in [0, 0.05) is 14.9 Å². The summed E-state index contributed by atoms with van der Waals surface area (Å²) in [5, 5.41) is 17.5. The fraction of sp³-hybridized carbons (Fsp3) is 0.450. The molecule has 2 heterocycles. The van der Waals surface area contributed by atoms with Gasteiger partial charge >= 0.3 is 0 Å². The van der Waals surface area contributed by atoms with Crippen LogP contribution in [0.2, 0.25) is 0 Å². The van der Waals surface area contributed by atoms with Crippen molar-refractivity contribution in [1.29, 1.82) is 0 Å². The second-order valence-electron chi connectivity index (χ2n) is 8.39. The van der Waals surface area contributed by atoms with E-state index in [4.69, 9.17) is 0 Å². The fourth-order valence-corrected chi connectivity index (χ4v) is 6.54. The molecule has 4 rings (SSSR count). The number of carbonyl (C=O) groups excluding carboxylic acids is 1. The van der Waals surface area contributed by atoms with Gasteiger partial charge < -0.3 is 15.7 Å². The quantitative estimate of drug-likeness (QED) is 0.439. The van der Waals surface area contributed by atoms with Crippen molar-refractivity contribution in [3.63, 3.8) is 0 Å². The zero-order valence-electron chi connectivity index (χ0n) is 15.5. The summed E-state index contributed by atoms with van der Waals surface area (Å²) >= 11 is 8.56. The summed E-state index contributed by atoms with van der Waals surface area (Å²) in [7, 11) is 0. The number of phenols is 1. The third kappa shape index (κ3) is 3.42.